The zero-order valence-corrected chi connectivity index (χ0v) is 8.85. The molecule has 8 heteroatoms. The number of halogens is 2. The van der Waals surface area contributed by atoms with Gasteiger partial charge in [0.1, 0.15) is 6.54 Å². The van der Waals surface area contributed by atoms with Crippen LogP contribution in [0.15, 0.2) is 12.1 Å². The maximum Gasteiger partial charge on any atom is 0.325 e. The third-order valence-electron chi connectivity index (χ3n) is 2.31. The Kier molecular flexibility index (Phi) is 2.70. The number of fused-ring (bicyclic) bond motifs is 1. The van der Waals surface area contributed by atoms with E-state index in [4.69, 9.17) is 10.8 Å². The molecule has 0 aliphatic heterocycles. The van der Waals surface area contributed by atoms with Gasteiger partial charge >= 0.3 is 5.97 Å². The summed E-state index contributed by atoms with van der Waals surface area (Å²) in [6.07, 6.45) is 0. The number of primary amides is 1. The maximum atomic E-state index is 13.1. The van der Waals surface area contributed by atoms with Gasteiger partial charge in [-0.15, -0.1) is 0 Å². The highest BCUT2D eigenvalue weighted by molar-refractivity contribution is 6.04. The summed E-state index contributed by atoms with van der Waals surface area (Å²) in [5, 5.41) is 12.3. The van der Waals surface area contributed by atoms with Crippen molar-refractivity contribution in [1.82, 2.24) is 9.78 Å². The number of carboxylic acids is 1. The molecule has 0 spiro atoms. The van der Waals surface area contributed by atoms with Crippen LogP contribution in [0.2, 0.25) is 0 Å². The van der Waals surface area contributed by atoms with Crippen LogP contribution < -0.4 is 5.73 Å². The van der Waals surface area contributed by atoms with Crippen LogP contribution in [0.1, 0.15) is 10.5 Å². The van der Waals surface area contributed by atoms with Gasteiger partial charge in [0, 0.05) is 11.5 Å². The molecule has 6 nitrogen and oxygen atoms in total. The Morgan fingerprint density at radius 1 is 1.33 bits per heavy atom. The van der Waals surface area contributed by atoms with E-state index in [1.807, 2.05) is 0 Å². The monoisotopic (exact) mass is 255 g/mol. The minimum absolute atomic E-state index is 0.00917. The minimum atomic E-state index is -1.24. The molecule has 0 atom stereocenters. The molecule has 0 fully saturated rings. The van der Waals surface area contributed by atoms with Crippen LogP contribution in [0.25, 0.3) is 10.9 Å². The van der Waals surface area contributed by atoms with Crippen LogP contribution in [0.5, 0.6) is 0 Å². The van der Waals surface area contributed by atoms with E-state index in [0.29, 0.717) is 0 Å². The van der Waals surface area contributed by atoms with E-state index in [0.717, 1.165) is 16.8 Å². The van der Waals surface area contributed by atoms with Crippen LogP contribution >= 0.6 is 0 Å². The van der Waals surface area contributed by atoms with Crippen LogP contribution in [0.4, 0.5) is 8.78 Å². The van der Waals surface area contributed by atoms with Crippen molar-refractivity contribution in [3.05, 3.63) is 29.5 Å². The SMILES string of the molecule is NC(=O)c1nn(CC(=O)O)c2cc(F)c(F)cc12. The fourth-order valence-electron chi connectivity index (χ4n) is 1.60. The summed E-state index contributed by atoms with van der Waals surface area (Å²) < 4.78 is 27.1. The summed E-state index contributed by atoms with van der Waals surface area (Å²) >= 11 is 0. The van der Waals surface area contributed by atoms with Crippen molar-refractivity contribution in [3.63, 3.8) is 0 Å². The van der Waals surface area contributed by atoms with Crippen LogP contribution in [0, 0.1) is 11.6 Å². The zero-order valence-electron chi connectivity index (χ0n) is 8.85. The average molecular weight is 255 g/mol. The first kappa shape index (κ1) is 12.0. The van der Waals surface area contributed by atoms with Crippen LogP contribution in [-0.4, -0.2) is 26.8 Å². The van der Waals surface area contributed by atoms with Crippen molar-refractivity contribution in [3.8, 4) is 0 Å². The molecule has 0 saturated heterocycles. The van der Waals surface area contributed by atoms with E-state index in [9.17, 15) is 18.4 Å². The lowest BCUT2D eigenvalue weighted by Gasteiger charge is -1.99. The number of amides is 1. The Balaban J connectivity index is 2.76. The normalized spacial score (nSPS) is 10.8. The van der Waals surface area contributed by atoms with Gasteiger partial charge in [-0.25, -0.2) is 8.78 Å². The lowest BCUT2D eigenvalue weighted by molar-refractivity contribution is -0.137. The second kappa shape index (κ2) is 4.06. The molecule has 1 aromatic heterocycles. The second-order valence-electron chi connectivity index (χ2n) is 3.55. The van der Waals surface area contributed by atoms with Gasteiger partial charge in [0.25, 0.3) is 5.91 Å². The van der Waals surface area contributed by atoms with Gasteiger partial charge in [-0.1, -0.05) is 0 Å². The lowest BCUT2D eigenvalue weighted by Crippen LogP contribution is -2.14. The quantitative estimate of drug-likeness (QED) is 0.834. The summed E-state index contributed by atoms with van der Waals surface area (Å²) in [6.45, 7) is -0.588. The minimum Gasteiger partial charge on any atom is -0.480 e. The Bertz CT molecular complexity index is 666. The summed E-state index contributed by atoms with van der Waals surface area (Å²) in [4.78, 5) is 21.7. The van der Waals surface area contributed by atoms with Crippen molar-refractivity contribution in [2.45, 2.75) is 6.54 Å². The topological polar surface area (TPSA) is 98.2 Å². The fourth-order valence-corrected chi connectivity index (χ4v) is 1.60. The molecule has 2 rings (SSSR count). The third kappa shape index (κ3) is 1.88. The van der Waals surface area contributed by atoms with E-state index < -0.39 is 30.1 Å². The van der Waals surface area contributed by atoms with Crippen molar-refractivity contribution in [2.75, 3.05) is 0 Å². The Morgan fingerprint density at radius 3 is 2.50 bits per heavy atom. The molecule has 1 amide bonds. The molecular formula is C10H7F2N3O3. The molecule has 1 heterocycles. The van der Waals surface area contributed by atoms with Crippen molar-refractivity contribution >= 4 is 22.8 Å². The Hall–Kier alpha value is -2.51. The first-order valence-corrected chi connectivity index (χ1v) is 4.77. The highest BCUT2D eigenvalue weighted by Crippen LogP contribution is 2.22. The van der Waals surface area contributed by atoms with Gasteiger partial charge < -0.3 is 10.8 Å². The first-order valence-electron chi connectivity index (χ1n) is 4.77. The molecule has 2 aromatic rings. The molecule has 0 aliphatic rings. The predicted octanol–water partition coefficient (Wildman–Crippen LogP) is 0.498. The number of aliphatic carboxylic acids is 1. The number of rotatable bonds is 3. The molecule has 0 aliphatic carbocycles. The lowest BCUT2D eigenvalue weighted by atomic mass is 10.2. The molecule has 0 unspecified atom stereocenters. The number of nitrogens with two attached hydrogens (primary N) is 1. The number of carbonyl (C=O) groups excluding carboxylic acids is 1. The summed E-state index contributed by atoms with van der Waals surface area (Å²) in [5.41, 5.74) is 4.72. The maximum absolute atomic E-state index is 13.1. The molecule has 0 bridgehead atoms. The fraction of sp³-hybridized carbons (Fsp3) is 0.100. The zero-order chi connectivity index (χ0) is 13.4. The van der Waals surface area contributed by atoms with Crippen molar-refractivity contribution in [1.29, 1.82) is 0 Å². The Morgan fingerprint density at radius 2 is 1.94 bits per heavy atom. The van der Waals surface area contributed by atoms with E-state index >= 15 is 0 Å². The van der Waals surface area contributed by atoms with Gasteiger partial charge in [0.2, 0.25) is 0 Å². The largest absolute Gasteiger partial charge is 0.480 e. The van der Waals surface area contributed by atoms with Crippen molar-refractivity contribution in [2.24, 2.45) is 5.73 Å². The summed E-state index contributed by atoms with van der Waals surface area (Å²) in [6, 6.07) is 1.53. The second-order valence-corrected chi connectivity index (χ2v) is 3.55. The standard InChI is InChI=1S/C10H7F2N3O3/c11-5-1-4-7(2-6(5)12)15(3-8(16)17)14-9(4)10(13)18/h1-2H,3H2,(H2,13,18)(H,16,17). The highest BCUT2D eigenvalue weighted by Gasteiger charge is 2.18. The number of nitrogens with zero attached hydrogens (tertiary/aromatic N) is 2. The van der Waals surface area contributed by atoms with Gasteiger partial charge in [-0.2, -0.15) is 5.10 Å². The summed E-state index contributed by atoms with van der Waals surface area (Å²) in [5.74, 6) is -4.51. The van der Waals surface area contributed by atoms with E-state index in [-0.39, 0.29) is 16.6 Å². The number of benzene rings is 1. The summed E-state index contributed by atoms with van der Waals surface area (Å²) in [7, 11) is 0. The first-order chi connectivity index (χ1) is 8.40. The molecule has 94 valence electrons. The van der Waals surface area contributed by atoms with E-state index in [1.54, 1.807) is 0 Å². The Labute approximate surface area is 98.6 Å². The third-order valence-corrected chi connectivity index (χ3v) is 2.31. The number of carbonyl (C=O) groups is 2. The van der Waals surface area contributed by atoms with Gasteiger partial charge in [-0.3, -0.25) is 14.3 Å². The molecule has 0 saturated carbocycles. The highest BCUT2D eigenvalue weighted by atomic mass is 19.2. The smallest absolute Gasteiger partial charge is 0.325 e. The van der Waals surface area contributed by atoms with Crippen molar-refractivity contribution < 1.29 is 23.5 Å². The van der Waals surface area contributed by atoms with Crippen LogP contribution in [-0.2, 0) is 11.3 Å². The van der Waals surface area contributed by atoms with Gasteiger partial charge in [0.15, 0.2) is 17.3 Å². The van der Waals surface area contributed by atoms with E-state index in [2.05, 4.69) is 5.10 Å². The number of hydrogen-bond donors (Lipinski definition) is 2. The van der Waals surface area contributed by atoms with E-state index in [1.165, 1.54) is 0 Å². The van der Waals surface area contributed by atoms with Gasteiger partial charge in [-0.05, 0) is 6.07 Å². The predicted molar refractivity (Wildman–Crippen MR) is 55.8 cm³/mol. The molecule has 18 heavy (non-hydrogen) atoms. The number of carboxylic acid groups (broad SMARTS) is 1. The molecular weight excluding hydrogens is 248 g/mol. The molecule has 3 N–H and O–H groups in total. The average Bonchev–Trinajstić information content (AvgIpc) is 2.57. The number of hydrogen-bond acceptors (Lipinski definition) is 3. The number of aromatic nitrogens is 2. The van der Waals surface area contributed by atoms with Gasteiger partial charge in [0.05, 0.1) is 5.52 Å². The molecule has 1 aromatic carbocycles. The molecule has 0 radical (unpaired) electrons. The van der Waals surface area contributed by atoms with Crippen LogP contribution in [0.3, 0.4) is 0 Å².